The van der Waals surface area contributed by atoms with Crippen molar-refractivity contribution in [1.82, 2.24) is 61.5 Å². The van der Waals surface area contributed by atoms with Gasteiger partial charge in [-0.15, -0.1) is 0 Å². The third-order valence-electron chi connectivity index (χ3n) is 0. The first-order valence-corrected chi connectivity index (χ1v) is 0. The molecule has 0 radical (unpaired) electrons. The molecule has 0 spiro atoms. The highest BCUT2D eigenvalue weighted by Crippen LogP contribution is 0.00171. The first kappa shape index (κ1) is 2110. The van der Waals surface area contributed by atoms with Crippen LogP contribution in [0.3, 0.4) is 0 Å². The van der Waals surface area contributed by atoms with E-state index in [1.54, 1.807) is 0 Å². The quantitative estimate of drug-likeness (QED) is 0.300. The molecule has 0 aromatic heterocycles. The Hall–Kier alpha value is 1.35. The SMILES string of the molecule is [NH4+].[NH4+].[NH4+].[NH4+].[NH4+].[NH4+].[NH4+].[NH4+].[NH4+].[NH4+].[S-2].[S-2].[S-2].[S-2].[S-2]. The van der Waals surface area contributed by atoms with Crippen LogP contribution in [0.4, 0.5) is 0 Å². The van der Waals surface area contributed by atoms with Gasteiger partial charge in [-0.2, -0.15) is 0 Å². The lowest BCUT2D eigenvalue weighted by Crippen LogP contribution is -0.482. The molecule has 0 fully saturated rings. The van der Waals surface area contributed by atoms with Crippen LogP contribution >= 0.6 is 0 Å². The fraction of sp³-hybridized carbons (Fsp3) is 0. The molecule has 0 amide bonds. The number of hydrogen-bond donors (Lipinski definition) is 10. The average Bonchev–Trinajstić information content (AvgIpc) is 0. The van der Waals surface area contributed by atoms with Crippen molar-refractivity contribution < 1.29 is 0 Å². The fourth-order valence-corrected chi connectivity index (χ4v) is 0. The van der Waals surface area contributed by atoms with Crippen molar-refractivity contribution in [3.63, 3.8) is 0 Å². The zero-order valence-electron chi connectivity index (χ0n) is 12.0. The standard InChI is InChI=1S/10H3N.5S/h10*1H3;;;;;/q;;;;;;;;;;5*-2/p+10. The molecule has 0 aromatic carbocycles. The molecule has 0 bridgehead atoms. The molecule has 40 N–H and O–H groups in total. The van der Waals surface area contributed by atoms with Gasteiger partial charge in [0.15, 0.2) is 0 Å². The predicted octanol–water partition coefficient (Wildman–Crippen LogP) is 3.75. The fourth-order valence-electron chi connectivity index (χ4n) is 0. The van der Waals surface area contributed by atoms with Gasteiger partial charge in [-0.3, -0.25) is 0 Å². The van der Waals surface area contributed by atoms with E-state index in [4.69, 9.17) is 0 Å². The van der Waals surface area contributed by atoms with Gasteiger partial charge >= 0.3 is 0 Å². The molecule has 0 rings (SSSR count). The second-order valence-corrected chi connectivity index (χ2v) is 0. The molecule has 15 heavy (non-hydrogen) atoms. The highest BCUT2D eigenvalue weighted by molar-refractivity contribution is 7.37. The van der Waals surface area contributed by atoms with Gasteiger partial charge < -0.3 is 129 Å². The Morgan fingerprint density at radius 1 is 0.133 bits per heavy atom. The molecule has 0 unspecified atom stereocenters. The summed E-state index contributed by atoms with van der Waals surface area (Å²) in [6.45, 7) is 0. The van der Waals surface area contributed by atoms with Crippen molar-refractivity contribution >= 4 is 67.5 Å². The van der Waals surface area contributed by atoms with E-state index in [9.17, 15) is 0 Å². The van der Waals surface area contributed by atoms with E-state index in [1.807, 2.05) is 0 Å². The molecule has 0 aliphatic rings. The highest BCUT2D eigenvalue weighted by atomic mass is 32.1. The summed E-state index contributed by atoms with van der Waals surface area (Å²) in [5.41, 5.74) is 0. The molecule has 0 aliphatic carbocycles. The summed E-state index contributed by atoms with van der Waals surface area (Å²) in [6, 6.07) is 0. The van der Waals surface area contributed by atoms with Crippen LogP contribution in [0.5, 0.6) is 0 Å². The van der Waals surface area contributed by atoms with Gasteiger partial charge in [-0.05, 0) is 0 Å². The van der Waals surface area contributed by atoms with Crippen molar-refractivity contribution in [2.75, 3.05) is 0 Å². The van der Waals surface area contributed by atoms with Crippen LogP contribution in [-0.2, 0) is 67.5 Å². The van der Waals surface area contributed by atoms with Crippen molar-refractivity contribution in [3.05, 3.63) is 0 Å². The lowest BCUT2D eigenvalue weighted by molar-refractivity contribution is 2.13. The van der Waals surface area contributed by atoms with Gasteiger partial charge in [0.1, 0.15) is 0 Å². The van der Waals surface area contributed by atoms with Gasteiger partial charge in [-0.25, -0.2) is 0 Å². The third-order valence-corrected chi connectivity index (χ3v) is 0. The van der Waals surface area contributed by atoms with E-state index in [-0.39, 0.29) is 129 Å². The Kier molecular flexibility index (Phi) is 244000. The van der Waals surface area contributed by atoms with Crippen molar-refractivity contribution in [3.8, 4) is 0 Å². The van der Waals surface area contributed by atoms with Gasteiger partial charge in [0.05, 0.1) is 0 Å². The molecule has 0 saturated heterocycles. The average molecular weight is 341 g/mol. The van der Waals surface area contributed by atoms with Crippen LogP contribution in [-0.4, -0.2) is 0 Å². The molecule has 120 valence electrons. The molecule has 0 heterocycles. The Bertz CT molecular complexity index is 13.8. The summed E-state index contributed by atoms with van der Waals surface area (Å²) in [5.74, 6) is 0. The third kappa shape index (κ3) is 1500. The minimum atomic E-state index is 0. The molecule has 10 nitrogen and oxygen atoms in total. The topological polar surface area (TPSA) is 365 Å². The van der Waals surface area contributed by atoms with Gasteiger partial charge in [0.2, 0.25) is 0 Å². The van der Waals surface area contributed by atoms with E-state index >= 15 is 0 Å². The van der Waals surface area contributed by atoms with Gasteiger partial charge in [0.25, 0.3) is 0 Å². The zero-order chi connectivity index (χ0) is 0. The highest BCUT2D eigenvalue weighted by Gasteiger charge is -0.360. The predicted molar refractivity (Wildman–Crippen MR) is 96.7 cm³/mol. The monoisotopic (exact) mass is 340 g/mol. The molecular weight excluding hydrogens is 300 g/mol. The molecule has 0 atom stereocenters. The van der Waals surface area contributed by atoms with Crippen LogP contribution < -0.4 is 61.5 Å². The van der Waals surface area contributed by atoms with Crippen LogP contribution in [0.1, 0.15) is 0 Å². The lowest BCUT2D eigenvalue weighted by Gasteiger charge is -2.00. The second-order valence-electron chi connectivity index (χ2n) is 0. The van der Waals surface area contributed by atoms with Crippen molar-refractivity contribution in [2.24, 2.45) is 0 Å². The maximum absolute atomic E-state index is 0. The molecule has 15 heteroatoms. The van der Waals surface area contributed by atoms with E-state index in [0.717, 1.165) is 0 Å². The number of quaternary nitrogens is 10. The maximum Gasteiger partial charge on any atom is -0.369 e. The summed E-state index contributed by atoms with van der Waals surface area (Å²) >= 11 is 0. The molecule has 0 aliphatic heterocycles. The number of rotatable bonds is 0. The summed E-state index contributed by atoms with van der Waals surface area (Å²) in [5, 5.41) is 0. The Balaban J connectivity index is 0. The largest absolute Gasteiger partial charge is 2.00 e. The van der Waals surface area contributed by atoms with Crippen LogP contribution in [0.25, 0.3) is 0 Å². The smallest absolute Gasteiger partial charge is 0.369 e. The lowest BCUT2D eigenvalue weighted by atomic mass is 14.0. The minimum absolute atomic E-state index is 0. The Labute approximate surface area is 129 Å². The Morgan fingerprint density at radius 3 is 0.133 bits per heavy atom. The van der Waals surface area contributed by atoms with Crippen LogP contribution in [0.2, 0.25) is 0 Å². The van der Waals surface area contributed by atoms with E-state index in [2.05, 4.69) is 0 Å². The molecule has 0 aromatic rings. The first-order chi connectivity index (χ1) is 0. The molecular formula is H40N10S5. The Morgan fingerprint density at radius 2 is 0.133 bits per heavy atom. The van der Waals surface area contributed by atoms with E-state index in [0.29, 0.717) is 0 Å². The number of hydrogen-bond acceptors (Lipinski definition) is 0. The van der Waals surface area contributed by atoms with Crippen molar-refractivity contribution in [1.29, 1.82) is 0 Å². The summed E-state index contributed by atoms with van der Waals surface area (Å²) in [7, 11) is 0. The zero-order valence-corrected chi connectivity index (χ0v) is 16.1. The molecule has 0 saturated carbocycles. The van der Waals surface area contributed by atoms with Gasteiger partial charge in [-0.1, -0.05) is 0 Å². The van der Waals surface area contributed by atoms with E-state index in [1.165, 1.54) is 0 Å². The minimum Gasteiger partial charge on any atom is -2.00 e. The second kappa shape index (κ2) is 1730. The van der Waals surface area contributed by atoms with Gasteiger partial charge in [0, 0.05) is 0 Å². The maximum atomic E-state index is 0. The summed E-state index contributed by atoms with van der Waals surface area (Å²) in [6.07, 6.45) is 0. The van der Waals surface area contributed by atoms with Crippen LogP contribution in [0, 0.1) is 0 Å². The van der Waals surface area contributed by atoms with Crippen molar-refractivity contribution in [2.45, 2.75) is 0 Å². The summed E-state index contributed by atoms with van der Waals surface area (Å²) < 4.78 is 0. The normalized spacial score (nSPS) is 0. The van der Waals surface area contributed by atoms with Crippen LogP contribution in [0.15, 0.2) is 0 Å². The van der Waals surface area contributed by atoms with E-state index < -0.39 is 0 Å². The summed E-state index contributed by atoms with van der Waals surface area (Å²) in [4.78, 5) is 0. The first-order valence-electron chi connectivity index (χ1n) is 0.